The van der Waals surface area contributed by atoms with E-state index < -0.39 is 33.4 Å². The summed E-state index contributed by atoms with van der Waals surface area (Å²) in [6.07, 6.45) is 7.85. The van der Waals surface area contributed by atoms with E-state index in [1.807, 2.05) is 41.8 Å². The lowest BCUT2D eigenvalue weighted by molar-refractivity contribution is -0.130. The molecule has 1 saturated heterocycles. The number of aromatic nitrogens is 2. The minimum atomic E-state index is -4.24. The number of anilines is 2. The first-order chi connectivity index (χ1) is 25.5. The number of fused-ring (bicyclic) bond motifs is 3. The third-order valence-corrected chi connectivity index (χ3v) is 11.9. The molecular formula is C38H45N7O6S2. The topological polar surface area (TPSA) is 173 Å². The minimum Gasteiger partial charge on any atom is -0.497 e. The maximum absolute atomic E-state index is 13.8. The number of carbonyl (C=O) groups excluding carboxylic acids is 2. The first-order valence-corrected chi connectivity index (χ1v) is 20.4. The maximum atomic E-state index is 13.8. The average Bonchev–Trinajstić information content (AvgIpc) is 3.40. The summed E-state index contributed by atoms with van der Waals surface area (Å²) in [5, 5.41) is 16.3. The van der Waals surface area contributed by atoms with Crippen LogP contribution in [0.2, 0.25) is 0 Å². The van der Waals surface area contributed by atoms with Gasteiger partial charge in [-0.3, -0.25) is 9.59 Å². The second-order valence-corrected chi connectivity index (χ2v) is 16.6. The fraction of sp³-hybridized carbons (Fsp3) is 0.421. The molecule has 2 fully saturated rings. The van der Waals surface area contributed by atoms with E-state index in [1.165, 1.54) is 17.4 Å². The van der Waals surface area contributed by atoms with Gasteiger partial charge in [0.2, 0.25) is 5.91 Å². The Hall–Kier alpha value is -4.73. The zero-order chi connectivity index (χ0) is 37.2. The van der Waals surface area contributed by atoms with Crippen LogP contribution in [0.15, 0.2) is 71.0 Å². The molecule has 2 aromatic heterocycles. The molecule has 5 N–H and O–H groups in total. The minimum absolute atomic E-state index is 0.0115. The molecule has 1 aliphatic carbocycles. The summed E-state index contributed by atoms with van der Waals surface area (Å²) < 4.78 is 41.4. The fourth-order valence-electron chi connectivity index (χ4n) is 6.86. The summed E-state index contributed by atoms with van der Waals surface area (Å²) in [4.78, 5) is 37.3. The Kier molecular flexibility index (Phi) is 10.6. The highest BCUT2D eigenvalue weighted by atomic mass is 32.2. The molecular weight excluding hydrogens is 715 g/mol. The van der Waals surface area contributed by atoms with Crippen molar-refractivity contribution >= 4 is 54.9 Å². The zero-order valence-corrected chi connectivity index (χ0v) is 31.6. The predicted molar refractivity (Wildman–Crippen MR) is 206 cm³/mol. The van der Waals surface area contributed by atoms with Crippen LogP contribution in [0.25, 0.3) is 22.3 Å². The van der Waals surface area contributed by atoms with Gasteiger partial charge in [0.15, 0.2) is 5.13 Å². The number of hydrogen-bond acceptors (Lipinski definition) is 12. The second kappa shape index (κ2) is 15.3. The molecule has 0 spiro atoms. The molecule has 13 nitrogen and oxygen atoms in total. The van der Waals surface area contributed by atoms with E-state index in [1.54, 1.807) is 25.3 Å². The molecule has 4 heterocycles. The van der Waals surface area contributed by atoms with Crippen molar-refractivity contribution in [1.82, 2.24) is 25.3 Å². The Morgan fingerprint density at radius 1 is 1.08 bits per heavy atom. The van der Waals surface area contributed by atoms with Gasteiger partial charge in [-0.05, 0) is 63.8 Å². The summed E-state index contributed by atoms with van der Waals surface area (Å²) in [7, 11) is -2.63. The number of allylic oxidation sites excluding steroid dienone is 1. The number of benzene rings is 2. The number of carbonyl (C=O) groups is 2. The zero-order valence-electron chi connectivity index (χ0n) is 30.0. The number of hydrogen-bond donors (Lipinski definition) is 5. The largest absolute Gasteiger partial charge is 0.497 e. The van der Waals surface area contributed by atoms with Gasteiger partial charge >= 0.3 is 0 Å². The van der Waals surface area contributed by atoms with Crippen LogP contribution in [0.3, 0.4) is 0 Å². The van der Waals surface area contributed by atoms with Gasteiger partial charge in [0.25, 0.3) is 15.9 Å². The standard InChI is InChI=1S/C38H45N7O6S2/c1-23(2)41-37-43-32(22-52-37)30-19-33(27-15-14-25(50-3)17-29(27)42-30)51-26-18-31(40-21-26)35(46)44-38-20-24(38)11-7-5-4-6-10-16-39-28-12-8-9-13-34(28)53(48,49)45-36(38)47/h7-9,11-15,17,19,22-24,26,31,39-40H,4-6,10,16,18,20-21H2,1-3H3,(H,41,43)(H,44,46)(H,45,47)/t24-,26+,31-,38+/m0/s1. The van der Waals surface area contributed by atoms with Gasteiger partial charge < -0.3 is 30.7 Å². The summed E-state index contributed by atoms with van der Waals surface area (Å²) in [6.45, 7) is 5.10. The molecule has 4 aromatic rings. The van der Waals surface area contributed by atoms with Gasteiger partial charge in [-0.1, -0.05) is 30.7 Å². The molecule has 1 saturated carbocycles. The molecule has 53 heavy (non-hydrogen) atoms. The van der Waals surface area contributed by atoms with E-state index in [4.69, 9.17) is 19.4 Å². The Balaban J connectivity index is 1.09. The molecule has 2 amide bonds. The normalized spacial score (nSPS) is 24.2. The summed E-state index contributed by atoms with van der Waals surface area (Å²) in [5.41, 5.74) is 1.07. The lowest BCUT2D eigenvalue weighted by Crippen LogP contribution is -2.55. The van der Waals surface area contributed by atoms with Crippen molar-refractivity contribution < 1.29 is 27.5 Å². The Morgan fingerprint density at radius 2 is 1.92 bits per heavy atom. The number of rotatable bonds is 8. The Morgan fingerprint density at radius 3 is 2.75 bits per heavy atom. The maximum Gasteiger partial charge on any atom is 0.266 e. The van der Waals surface area contributed by atoms with Crippen molar-refractivity contribution in [3.63, 3.8) is 0 Å². The van der Waals surface area contributed by atoms with E-state index >= 15 is 0 Å². The quantitative estimate of drug-likeness (QED) is 0.149. The fourth-order valence-corrected chi connectivity index (χ4v) is 8.94. The molecule has 0 bridgehead atoms. The van der Waals surface area contributed by atoms with Crippen molar-refractivity contribution in [3.8, 4) is 22.9 Å². The van der Waals surface area contributed by atoms with Crippen LogP contribution in [0.1, 0.15) is 52.4 Å². The third-order valence-electron chi connectivity index (χ3n) is 9.76. The highest BCUT2D eigenvalue weighted by Gasteiger charge is 2.61. The van der Waals surface area contributed by atoms with Gasteiger partial charge in [0, 0.05) is 54.4 Å². The molecule has 0 radical (unpaired) electrons. The van der Waals surface area contributed by atoms with Gasteiger partial charge in [-0.15, -0.1) is 11.3 Å². The van der Waals surface area contributed by atoms with Crippen molar-refractivity contribution in [2.24, 2.45) is 5.92 Å². The highest BCUT2D eigenvalue weighted by molar-refractivity contribution is 7.90. The van der Waals surface area contributed by atoms with E-state index in [0.29, 0.717) is 60.0 Å². The monoisotopic (exact) mass is 759 g/mol. The number of sulfonamides is 1. The van der Waals surface area contributed by atoms with Crippen LogP contribution in [-0.2, 0) is 19.6 Å². The van der Waals surface area contributed by atoms with Crippen molar-refractivity contribution in [2.75, 3.05) is 30.8 Å². The van der Waals surface area contributed by atoms with Crippen molar-refractivity contribution in [1.29, 1.82) is 0 Å². The Bertz CT molecular complexity index is 2140. The molecule has 4 atom stereocenters. The lowest BCUT2D eigenvalue weighted by Gasteiger charge is -2.22. The number of nitrogens with one attached hydrogen (secondary N) is 5. The van der Waals surface area contributed by atoms with E-state index in [9.17, 15) is 18.0 Å². The summed E-state index contributed by atoms with van der Waals surface area (Å²) in [5.74, 6) is -0.229. The Labute approximate surface area is 313 Å². The van der Waals surface area contributed by atoms with E-state index in [2.05, 4.69) is 39.8 Å². The number of methoxy groups -OCH3 is 1. The van der Waals surface area contributed by atoms with Gasteiger partial charge in [-0.25, -0.2) is 23.1 Å². The number of amides is 2. The number of ether oxygens (including phenoxy) is 2. The second-order valence-electron chi connectivity index (χ2n) is 14.1. The van der Waals surface area contributed by atoms with E-state index in [-0.39, 0.29) is 23.0 Å². The van der Waals surface area contributed by atoms with Crippen molar-refractivity contribution in [3.05, 3.63) is 66.1 Å². The number of thiazole rings is 1. The van der Waals surface area contributed by atoms with Crippen LogP contribution in [0.5, 0.6) is 11.5 Å². The molecule has 3 aliphatic rings. The average molecular weight is 760 g/mol. The van der Waals surface area contributed by atoms with Gasteiger partial charge in [0.05, 0.1) is 30.0 Å². The van der Waals surface area contributed by atoms with Crippen LogP contribution in [-0.4, -0.2) is 74.1 Å². The number of pyridine rings is 1. The van der Waals surface area contributed by atoms with E-state index in [0.717, 1.165) is 36.2 Å². The highest BCUT2D eigenvalue weighted by Crippen LogP contribution is 2.46. The van der Waals surface area contributed by atoms with Crippen LogP contribution < -0.4 is 35.5 Å². The number of nitrogens with zero attached hydrogens (tertiary/aromatic N) is 2. The lowest BCUT2D eigenvalue weighted by atomic mass is 10.1. The molecule has 15 heteroatoms. The molecule has 2 aromatic carbocycles. The molecule has 7 rings (SSSR count). The van der Waals surface area contributed by atoms with Gasteiger partial charge in [0.1, 0.15) is 33.7 Å². The van der Waals surface area contributed by atoms with Crippen LogP contribution in [0.4, 0.5) is 10.8 Å². The van der Waals surface area contributed by atoms with Gasteiger partial charge in [-0.2, -0.15) is 0 Å². The third kappa shape index (κ3) is 8.11. The number of para-hydroxylation sites is 1. The van der Waals surface area contributed by atoms with Crippen LogP contribution in [0, 0.1) is 5.92 Å². The predicted octanol–water partition coefficient (Wildman–Crippen LogP) is 5.22. The summed E-state index contributed by atoms with van der Waals surface area (Å²) >= 11 is 1.50. The van der Waals surface area contributed by atoms with Crippen molar-refractivity contribution in [2.45, 2.75) is 81.0 Å². The molecule has 0 unspecified atom stereocenters. The molecule has 280 valence electrons. The van der Waals surface area contributed by atoms with Crippen LogP contribution >= 0.6 is 11.3 Å². The summed E-state index contributed by atoms with van der Waals surface area (Å²) in [6, 6.07) is 13.6. The molecule has 2 aliphatic heterocycles. The first kappa shape index (κ1) is 36.6. The SMILES string of the molecule is COc1ccc2c(O[C@H]3CN[C@H](C(=O)N[C@]45C[C@@H]4C=CCCCCCNc4ccccc4S(=O)(=O)NC5=O)C3)cc(-c3csc(NC(C)C)n3)nc2c1. The first-order valence-electron chi connectivity index (χ1n) is 18.0. The smallest absolute Gasteiger partial charge is 0.266 e.